The molecule has 0 atom stereocenters. The van der Waals surface area contributed by atoms with Gasteiger partial charge >= 0.3 is 0 Å². The van der Waals surface area contributed by atoms with Crippen molar-refractivity contribution in [1.82, 2.24) is 24.6 Å². The summed E-state index contributed by atoms with van der Waals surface area (Å²) in [6.07, 6.45) is 4.47. The number of aromatic nitrogens is 4. The van der Waals surface area contributed by atoms with Crippen LogP contribution in [0.3, 0.4) is 0 Å². The van der Waals surface area contributed by atoms with Crippen LogP contribution in [0.4, 0.5) is 0 Å². The number of hydrogen-bond donors (Lipinski definition) is 1. The van der Waals surface area contributed by atoms with Crippen LogP contribution in [0.5, 0.6) is 0 Å². The second-order valence-corrected chi connectivity index (χ2v) is 4.22. The molecule has 94 valence electrons. The Morgan fingerprint density at radius 3 is 2.89 bits per heavy atom. The van der Waals surface area contributed by atoms with Gasteiger partial charge in [-0.05, 0) is 11.6 Å². The maximum absolute atomic E-state index is 8.84. The summed E-state index contributed by atoms with van der Waals surface area (Å²) in [6, 6.07) is 4.04. The molecule has 18 heavy (non-hydrogen) atoms. The first-order valence-corrected chi connectivity index (χ1v) is 5.79. The molecule has 0 aliphatic rings. The Morgan fingerprint density at radius 1 is 1.44 bits per heavy atom. The standard InChI is InChI=1S/C12H16N6/c1-17-8-10(5-11(17)6-13)7-14-4-3-12-15-9-18(2)16-12/h5,8-9,14H,3-4,7H2,1-2H3. The van der Waals surface area contributed by atoms with Crippen LogP contribution in [0.25, 0.3) is 0 Å². The van der Waals surface area contributed by atoms with E-state index >= 15 is 0 Å². The van der Waals surface area contributed by atoms with E-state index in [0.717, 1.165) is 30.9 Å². The van der Waals surface area contributed by atoms with E-state index in [1.807, 2.05) is 30.9 Å². The van der Waals surface area contributed by atoms with Crippen LogP contribution < -0.4 is 5.32 Å². The van der Waals surface area contributed by atoms with E-state index in [0.29, 0.717) is 5.69 Å². The third-order valence-corrected chi connectivity index (χ3v) is 2.68. The molecule has 0 saturated heterocycles. The molecule has 6 heteroatoms. The number of rotatable bonds is 5. The lowest BCUT2D eigenvalue weighted by Crippen LogP contribution is -2.17. The van der Waals surface area contributed by atoms with Gasteiger partial charge in [0.25, 0.3) is 0 Å². The van der Waals surface area contributed by atoms with Gasteiger partial charge in [0.1, 0.15) is 18.1 Å². The largest absolute Gasteiger partial charge is 0.342 e. The van der Waals surface area contributed by atoms with E-state index in [-0.39, 0.29) is 0 Å². The lowest BCUT2D eigenvalue weighted by atomic mass is 10.3. The van der Waals surface area contributed by atoms with Crippen molar-refractivity contribution in [3.8, 4) is 6.07 Å². The predicted molar refractivity (Wildman–Crippen MR) is 66.5 cm³/mol. The monoisotopic (exact) mass is 244 g/mol. The molecule has 2 aromatic heterocycles. The van der Waals surface area contributed by atoms with Crippen LogP contribution in [0.15, 0.2) is 18.6 Å². The predicted octanol–water partition coefficient (Wildman–Crippen LogP) is 0.358. The normalized spacial score (nSPS) is 10.5. The van der Waals surface area contributed by atoms with Crippen molar-refractivity contribution >= 4 is 0 Å². The maximum Gasteiger partial charge on any atom is 0.151 e. The first-order chi connectivity index (χ1) is 8.69. The topological polar surface area (TPSA) is 71.5 Å². The molecule has 0 aromatic carbocycles. The van der Waals surface area contributed by atoms with Gasteiger partial charge in [-0.25, -0.2) is 4.98 Å². The summed E-state index contributed by atoms with van der Waals surface area (Å²) in [6.45, 7) is 1.57. The smallest absolute Gasteiger partial charge is 0.151 e. The average Bonchev–Trinajstić information content (AvgIpc) is 2.91. The van der Waals surface area contributed by atoms with Crippen molar-refractivity contribution in [3.05, 3.63) is 35.7 Å². The minimum atomic E-state index is 0.679. The maximum atomic E-state index is 8.84. The first-order valence-electron chi connectivity index (χ1n) is 5.79. The number of hydrogen-bond acceptors (Lipinski definition) is 4. The van der Waals surface area contributed by atoms with Gasteiger partial charge in [-0.1, -0.05) is 0 Å². The lowest BCUT2D eigenvalue weighted by molar-refractivity contribution is 0.660. The fourth-order valence-electron chi connectivity index (χ4n) is 1.77. The second-order valence-electron chi connectivity index (χ2n) is 4.22. The van der Waals surface area contributed by atoms with Crippen molar-refractivity contribution in [2.45, 2.75) is 13.0 Å². The molecule has 0 fully saturated rings. The zero-order valence-electron chi connectivity index (χ0n) is 10.6. The van der Waals surface area contributed by atoms with Gasteiger partial charge in [-0.15, -0.1) is 0 Å². The fourth-order valence-corrected chi connectivity index (χ4v) is 1.77. The molecule has 0 radical (unpaired) electrons. The summed E-state index contributed by atoms with van der Waals surface area (Å²) in [5.41, 5.74) is 1.79. The Kier molecular flexibility index (Phi) is 3.75. The molecule has 0 bridgehead atoms. The minimum absolute atomic E-state index is 0.679. The molecule has 0 spiro atoms. The summed E-state index contributed by atoms with van der Waals surface area (Å²) in [7, 11) is 3.73. The minimum Gasteiger partial charge on any atom is -0.342 e. The fraction of sp³-hybridized carbons (Fsp3) is 0.417. The van der Waals surface area contributed by atoms with E-state index in [1.165, 1.54) is 0 Å². The summed E-state index contributed by atoms with van der Waals surface area (Å²) in [5, 5.41) is 16.4. The lowest BCUT2D eigenvalue weighted by Gasteiger charge is -2.00. The quantitative estimate of drug-likeness (QED) is 0.771. The van der Waals surface area contributed by atoms with Crippen LogP contribution >= 0.6 is 0 Å². The van der Waals surface area contributed by atoms with Gasteiger partial charge in [-0.2, -0.15) is 10.4 Å². The van der Waals surface area contributed by atoms with Gasteiger partial charge in [-0.3, -0.25) is 4.68 Å². The van der Waals surface area contributed by atoms with Gasteiger partial charge in [0.15, 0.2) is 5.82 Å². The molecule has 0 unspecified atom stereocenters. The molecule has 0 aliphatic heterocycles. The average molecular weight is 244 g/mol. The first kappa shape index (κ1) is 12.3. The summed E-state index contributed by atoms with van der Waals surface area (Å²) < 4.78 is 3.53. The summed E-state index contributed by atoms with van der Waals surface area (Å²) >= 11 is 0. The SMILES string of the molecule is Cn1cnc(CCNCc2cc(C#N)n(C)c2)n1. The Morgan fingerprint density at radius 2 is 2.28 bits per heavy atom. The van der Waals surface area contributed by atoms with Gasteiger partial charge in [0.05, 0.1) is 0 Å². The van der Waals surface area contributed by atoms with Gasteiger partial charge in [0, 0.05) is 39.8 Å². The molecule has 1 N–H and O–H groups in total. The highest BCUT2D eigenvalue weighted by atomic mass is 15.3. The number of nitrogens with zero attached hydrogens (tertiary/aromatic N) is 5. The Bertz CT molecular complexity index is 559. The van der Waals surface area contributed by atoms with Crippen molar-refractivity contribution < 1.29 is 0 Å². The number of aryl methyl sites for hydroxylation is 2. The number of nitrogens with one attached hydrogen (secondary N) is 1. The Balaban J connectivity index is 1.77. The van der Waals surface area contributed by atoms with Crippen LogP contribution in [0, 0.1) is 11.3 Å². The summed E-state index contributed by atoms with van der Waals surface area (Å²) in [4.78, 5) is 4.16. The van der Waals surface area contributed by atoms with Crippen molar-refractivity contribution in [3.63, 3.8) is 0 Å². The molecule has 0 saturated carbocycles. The van der Waals surface area contributed by atoms with Crippen LogP contribution in [0.2, 0.25) is 0 Å². The van der Waals surface area contributed by atoms with E-state index in [2.05, 4.69) is 21.5 Å². The van der Waals surface area contributed by atoms with Crippen LogP contribution in [-0.2, 0) is 27.1 Å². The number of nitriles is 1. The highest BCUT2D eigenvalue weighted by Gasteiger charge is 2.02. The molecule has 0 aliphatic carbocycles. The zero-order chi connectivity index (χ0) is 13.0. The Hall–Kier alpha value is -2.13. The second kappa shape index (κ2) is 5.47. The van der Waals surface area contributed by atoms with Crippen molar-refractivity contribution in [2.75, 3.05) is 6.54 Å². The van der Waals surface area contributed by atoms with Crippen LogP contribution in [0.1, 0.15) is 17.1 Å². The van der Waals surface area contributed by atoms with Gasteiger partial charge < -0.3 is 9.88 Å². The van der Waals surface area contributed by atoms with E-state index in [4.69, 9.17) is 5.26 Å². The Labute approximate surface area is 106 Å². The molecule has 2 rings (SSSR count). The molecule has 2 heterocycles. The van der Waals surface area contributed by atoms with Crippen LogP contribution in [-0.4, -0.2) is 25.9 Å². The molecular weight excluding hydrogens is 228 g/mol. The van der Waals surface area contributed by atoms with E-state index in [9.17, 15) is 0 Å². The molecule has 0 amide bonds. The third-order valence-electron chi connectivity index (χ3n) is 2.68. The highest BCUT2D eigenvalue weighted by molar-refractivity contribution is 5.28. The third kappa shape index (κ3) is 2.96. The van der Waals surface area contributed by atoms with Gasteiger partial charge in [0.2, 0.25) is 0 Å². The van der Waals surface area contributed by atoms with Crippen molar-refractivity contribution in [2.24, 2.45) is 14.1 Å². The van der Waals surface area contributed by atoms with E-state index in [1.54, 1.807) is 11.0 Å². The van der Waals surface area contributed by atoms with Crippen molar-refractivity contribution in [1.29, 1.82) is 5.26 Å². The summed E-state index contributed by atoms with van der Waals surface area (Å²) in [5.74, 6) is 0.843. The zero-order valence-corrected chi connectivity index (χ0v) is 10.6. The van der Waals surface area contributed by atoms with E-state index < -0.39 is 0 Å². The molecule has 6 nitrogen and oxygen atoms in total. The highest BCUT2D eigenvalue weighted by Crippen LogP contribution is 2.05. The molecular formula is C12H16N6. The molecule has 2 aromatic rings.